The number of rotatable bonds is 3. The number of ether oxygens (including phenoxy) is 1. The molecule has 1 aliphatic rings. The molecule has 0 saturated carbocycles. The number of pyridine rings is 1. The summed E-state index contributed by atoms with van der Waals surface area (Å²) in [5.74, 6) is -1.18. The van der Waals surface area contributed by atoms with E-state index in [1.165, 1.54) is 10.6 Å². The minimum atomic E-state index is -1.18. The molecule has 1 atom stereocenters. The Hall–Kier alpha value is -1.62. The number of hydrogen-bond acceptors (Lipinski definition) is 3. The monoisotopic (exact) mass is 237 g/mol. The van der Waals surface area contributed by atoms with E-state index in [1.54, 1.807) is 13.0 Å². The summed E-state index contributed by atoms with van der Waals surface area (Å²) in [5, 5.41) is 8.90. The predicted molar refractivity (Wildman–Crippen MR) is 61.4 cm³/mol. The van der Waals surface area contributed by atoms with Crippen molar-refractivity contribution in [3.8, 4) is 0 Å². The number of carboxylic acid groups (broad SMARTS) is 1. The van der Waals surface area contributed by atoms with Crippen LogP contribution in [0.3, 0.4) is 0 Å². The Labute approximate surface area is 98.6 Å². The Bertz CT molecular complexity index is 486. The largest absolute Gasteiger partial charge is 0.477 e. The highest BCUT2D eigenvalue weighted by atomic mass is 16.5. The summed E-state index contributed by atoms with van der Waals surface area (Å²) in [4.78, 5) is 22.8. The van der Waals surface area contributed by atoms with Crippen LogP contribution in [0.4, 0.5) is 0 Å². The third-order valence-corrected chi connectivity index (χ3v) is 3.03. The second-order valence-corrected chi connectivity index (χ2v) is 4.24. The zero-order valence-corrected chi connectivity index (χ0v) is 9.68. The topological polar surface area (TPSA) is 68.5 Å². The van der Waals surface area contributed by atoms with Gasteiger partial charge in [0.2, 0.25) is 0 Å². The Balaban J connectivity index is 2.34. The molecule has 0 aromatic carbocycles. The summed E-state index contributed by atoms with van der Waals surface area (Å²) in [6, 6.07) is 3.01. The standard InChI is InChI=1S/C12H15NO4/c1-8-4-5-10(12(15)16)11(14)13(8)7-9-3-2-6-17-9/h4-5,9H,2-3,6-7H2,1H3,(H,15,16). The highest BCUT2D eigenvalue weighted by Gasteiger charge is 2.19. The number of nitrogens with zero attached hydrogens (tertiary/aromatic N) is 1. The number of aromatic nitrogens is 1. The van der Waals surface area contributed by atoms with E-state index in [2.05, 4.69) is 0 Å². The molecule has 1 saturated heterocycles. The van der Waals surface area contributed by atoms with Crippen LogP contribution in [0.2, 0.25) is 0 Å². The van der Waals surface area contributed by atoms with Gasteiger partial charge in [-0.15, -0.1) is 0 Å². The highest BCUT2D eigenvalue weighted by molar-refractivity contribution is 5.87. The lowest BCUT2D eigenvalue weighted by Crippen LogP contribution is -2.31. The molecule has 1 N–H and O–H groups in total. The molecule has 0 radical (unpaired) electrons. The SMILES string of the molecule is Cc1ccc(C(=O)O)c(=O)n1CC1CCCO1. The number of hydrogen-bond donors (Lipinski definition) is 1. The zero-order valence-electron chi connectivity index (χ0n) is 9.68. The van der Waals surface area contributed by atoms with Gasteiger partial charge in [0.05, 0.1) is 12.6 Å². The highest BCUT2D eigenvalue weighted by Crippen LogP contribution is 2.14. The van der Waals surface area contributed by atoms with Gasteiger partial charge in [0, 0.05) is 12.3 Å². The van der Waals surface area contributed by atoms with Crippen molar-refractivity contribution in [2.45, 2.75) is 32.4 Å². The molecular weight excluding hydrogens is 222 g/mol. The second-order valence-electron chi connectivity index (χ2n) is 4.24. The van der Waals surface area contributed by atoms with Crippen molar-refractivity contribution in [2.75, 3.05) is 6.61 Å². The fourth-order valence-corrected chi connectivity index (χ4v) is 2.05. The average molecular weight is 237 g/mol. The second kappa shape index (κ2) is 4.71. The van der Waals surface area contributed by atoms with E-state index in [9.17, 15) is 9.59 Å². The molecule has 2 rings (SSSR count). The molecule has 92 valence electrons. The Morgan fingerprint density at radius 2 is 2.35 bits per heavy atom. The predicted octanol–water partition coefficient (Wildman–Crippen LogP) is 1.03. The summed E-state index contributed by atoms with van der Waals surface area (Å²) in [5.41, 5.74) is 0.122. The van der Waals surface area contributed by atoms with E-state index in [1.807, 2.05) is 0 Å². The summed E-state index contributed by atoms with van der Waals surface area (Å²) in [6.07, 6.45) is 1.94. The van der Waals surface area contributed by atoms with Gasteiger partial charge in [-0.05, 0) is 31.9 Å². The molecule has 0 bridgehead atoms. The van der Waals surface area contributed by atoms with Crippen molar-refractivity contribution in [1.82, 2.24) is 4.57 Å². The average Bonchev–Trinajstić information content (AvgIpc) is 2.76. The van der Waals surface area contributed by atoms with Crippen LogP contribution in [-0.4, -0.2) is 28.4 Å². The van der Waals surface area contributed by atoms with E-state index in [0.717, 1.165) is 25.1 Å². The Kier molecular flexibility index (Phi) is 3.28. The Morgan fingerprint density at radius 1 is 1.59 bits per heavy atom. The first kappa shape index (κ1) is 11.9. The van der Waals surface area contributed by atoms with Gasteiger partial charge in [-0.25, -0.2) is 4.79 Å². The minimum absolute atomic E-state index is 0.0236. The lowest BCUT2D eigenvalue weighted by atomic mass is 10.2. The maximum absolute atomic E-state index is 11.9. The third-order valence-electron chi connectivity index (χ3n) is 3.03. The van der Waals surface area contributed by atoms with Gasteiger partial charge < -0.3 is 14.4 Å². The van der Waals surface area contributed by atoms with E-state index in [-0.39, 0.29) is 11.7 Å². The number of carboxylic acids is 1. The van der Waals surface area contributed by atoms with E-state index in [0.29, 0.717) is 6.54 Å². The normalized spacial score (nSPS) is 19.5. The maximum Gasteiger partial charge on any atom is 0.341 e. The first-order chi connectivity index (χ1) is 8.09. The van der Waals surface area contributed by atoms with Crippen LogP contribution in [0.15, 0.2) is 16.9 Å². The molecule has 5 nitrogen and oxygen atoms in total. The fraction of sp³-hybridized carbons (Fsp3) is 0.500. The van der Waals surface area contributed by atoms with Crippen LogP contribution in [-0.2, 0) is 11.3 Å². The van der Waals surface area contributed by atoms with Crippen molar-refractivity contribution in [2.24, 2.45) is 0 Å². The van der Waals surface area contributed by atoms with Crippen molar-refractivity contribution in [3.63, 3.8) is 0 Å². The Morgan fingerprint density at radius 3 is 2.94 bits per heavy atom. The molecule has 1 fully saturated rings. The summed E-state index contributed by atoms with van der Waals surface area (Å²) >= 11 is 0. The number of carbonyl (C=O) groups is 1. The van der Waals surface area contributed by atoms with Crippen LogP contribution in [0.25, 0.3) is 0 Å². The lowest BCUT2D eigenvalue weighted by Gasteiger charge is -2.14. The van der Waals surface area contributed by atoms with Crippen LogP contribution in [0, 0.1) is 6.92 Å². The molecule has 17 heavy (non-hydrogen) atoms. The van der Waals surface area contributed by atoms with Gasteiger partial charge in [0.25, 0.3) is 5.56 Å². The first-order valence-electron chi connectivity index (χ1n) is 5.65. The van der Waals surface area contributed by atoms with Gasteiger partial charge in [0.15, 0.2) is 0 Å². The van der Waals surface area contributed by atoms with Gasteiger partial charge in [-0.3, -0.25) is 4.79 Å². The molecular formula is C12H15NO4. The molecule has 1 aromatic rings. The first-order valence-corrected chi connectivity index (χ1v) is 5.65. The molecule has 0 spiro atoms. The fourth-order valence-electron chi connectivity index (χ4n) is 2.05. The minimum Gasteiger partial charge on any atom is -0.477 e. The molecule has 1 aromatic heterocycles. The zero-order chi connectivity index (χ0) is 12.4. The van der Waals surface area contributed by atoms with Crippen LogP contribution in [0.1, 0.15) is 28.9 Å². The molecule has 0 aliphatic carbocycles. The van der Waals surface area contributed by atoms with Crippen molar-refractivity contribution >= 4 is 5.97 Å². The van der Waals surface area contributed by atoms with Crippen molar-refractivity contribution in [3.05, 3.63) is 33.7 Å². The van der Waals surface area contributed by atoms with E-state index in [4.69, 9.17) is 9.84 Å². The number of aromatic carboxylic acids is 1. The summed E-state index contributed by atoms with van der Waals surface area (Å²) < 4.78 is 6.95. The van der Waals surface area contributed by atoms with Crippen molar-refractivity contribution < 1.29 is 14.6 Å². The molecule has 1 aliphatic heterocycles. The summed E-state index contributed by atoms with van der Waals surface area (Å²) in [6.45, 7) is 2.95. The molecule has 5 heteroatoms. The third kappa shape index (κ3) is 2.39. The van der Waals surface area contributed by atoms with Crippen LogP contribution < -0.4 is 5.56 Å². The quantitative estimate of drug-likeness (QED) is 0.852. The van der Waals surface area contributed by atoms with E-state index < -0.39 is 11.5 Å². The molecule has 1 unspecified atom stereocenters. The smallest absolute Gasteiger partial charge is 0.341 e. The van der Waals surface area contributed by atoms with Crippen LogP contribution in [0.5, 0.6) is 0 Å². The van der Waals surface area contributed by atoms with Crippen LogP contribution >= 0.6 is 0 Å². The van der Waals surface area contributed by atoms with Gasteiger partial charge in [0.1, 0.15) is 5.56 Å². The number of aryl methyl sites for hydroxylation is 1. The summed E-state index contributed by atoms with van der Waals surface area (Å²) in [7, 11) is 0. The molecule has 0 amide bonds. The van der Waals surface area contributed by atoms with Crippen molar-refractivity contribution in [1.29, 1.82) is 0 Å². The molecule has 2 heterocycles. The maximum atomic E-state index is 11.9. The van der Waals surface area contributed by atoms with E-state index >= 15 is 0 Å². The lowest BCUT2D eigenvalue weighted by molar-refractivity contribution is 0.0691. The van der Waals surface area contributed by atoms with Gasteiger partial charge in [-0.1, -0.05) is 0 Å². The van der Waals surface area contributed by atoms with Gasteiger partial charge in [-0.2, -0.15) is 0 Å². The van der Waals surface area contributed by atoms with Gasteiger partial charge >= 0.3 is 5.97 Å².